The molecule has 2 aromatic carbocycles. The SMILES string of the molecule is CC1(CNC(=O)c2ccccc2)COC(c2nc(-c3ccc(F)cc3)c(-c3ccnc(Nc4ccncc4)n3)[nH]2)OC1. The molecule has 0 saturated carbocycles. The van der Waals surface area contributed by atoms with E-state index in [-0.39, 0.29) is 11.7 Å². The third-order valence-electron chi connectivity index (χ3n) is 6.79. The van der Waals surface area contributed by atoms with E-state index in [2.05, 4.69) is 30.6 Å². The fourth-order valence-corrected chi connectivity index (χ4v) is 4.52. The molecule has 1 fully saturated rings. The van der Waals surface area contributed by atoms with Crippen LogP contribution in [0.3, 0.4) is 0 Å². The van der Waals surface area contributed by atoms with Crippen LogP contribution in [-0.2, 0) is 9.47 Å². The average molecular weight is 566 g/mol. The third kappa shape index (κ3) is 6.17. The number of hydrogen-bond acceptors (Lipinski definition) is 8. The highest BCUT2D eigenvalue weighted by molar-refractivity contribution is 5.94. The summed E-state index contributed by atoms with van der Waals surface area (Å²) in [6, 6.07) is 20.5. The van der Waals surface area contributed by atoms with Crippen molar-refractivity contribution in [2.75, 3.05) is 25.1 Å². The molecule has 4 heterocycles. The van der Waals surface area contributed by atoms with Gasteiger partial charge in [0.25, 0.3) is 5.91 Å². The molecular formula is C31H28FN7O3. The number of nitrogens with one attached hydrogen (secondary N) is 3. The molecule has 10 nitrogen and oxygen atoms in total. The van der Waals surface area contributed by atoms with Crippen molar-refractivity contribution in [2.45, 2.75) is 13.2 Å². The number of aromatic amines is 1. The van der Waals surface area contributed by atoms with Crippen LogP contribution in [0.2, 0.25) is 0 Å². The largest absolute Gasteiger partial charge is 0.351 e. The minimum atomic E-state index is -0.771. The van der Waals surface area contributed by atoms with Crippen LogP contribution in [0.15, 0.2) is 91.4 Å². The normalized spacial score (nSPS) is 18.4. The van der Waals surface area contributed by atoms with E-state index >= 15 is 0 Å². The molecule has 3 N–H and O–H groups in total. The Hall–Kier alpha value is -5.00. The molecule has 0 unspecified atom stereocenters. The van der Waals surface area contributed by atoms with Gasteiger partial charge < -0.3 is 25.1 Å². The summed E-state index contributed by atoms with van der Waals surface area (Å²) in [6.07, 6.45) is 4.22. The molecule has 6 rings (SSSR count). The van der Waals surface area contributed by atoms with Gasteiger partial charge in [-0.15, -0.1) is 0 Å². The number of rotatable bonds is 8. The van der Waals surface area contributed by atoms with E-state index in [4.69, 9.17) is 14.5 Å². The van der Waals surface area contributed by atoms with E-state index in [0.29, 0.717) is 59.7 Å². The van der Waals surface area contributed by atoms with Crippen molar-refractivity contribution in [3.8, 4) is 22.6 Å². The van der Waals surface area contributed by atoms with Gasteiger partial charge in [-0.3, -0.25) is 9.78 Å². The smallest absolute Gasteiger partial charge is 0.251 e. The van der Waals surface area contributed by atoms with Gasteiger partial charge in [0.1, 0.15) is 5.82 Å². The first kappa shape index (κ1) is 27.2. The second-order valence-electron chi connectivity index (χ2n) is 10.3. The van der Waals surface area contributed by atoms with Gasteiger partial charge in [-0.2, -0.15) is 0 Å². The Morgan fingerprint density at radius 2 is 1.71 bits per heavy atom. The number of H-pyrrole nitrogens is 1. The molecule has 5 aromatic rings. The summed E-state index contributed by atoms with van der Waals surface area (Å²) < 4.78 is 25.9. The summed E-state index contributed by atoms with van der Waals surface area (Å²) in [5.74, 6) is 0.334. The first-order chi connectivity index (χ1) is 20.5. The highest BCUT2D eigenvalue weighted by Crippen LogP contribution is 2.35. The molecular weight excluding hydrogens is 537 g/mol. The minimum absolute atomic E-state index is 0.152. The Morgan fingerprint density at radius 3 is 2.45 bits per heavy atom. The Kier molecular flexibility index (Phi) is 7.67. The Balaban J connectivity index is 1.22. The molecule has 42 heavy (non-hydrogen) atoms. The van der Waals surface area contributed by atoms with Gasteiger partial charge in [-0.1, -0.05) is 25.1 Å². The number of amides is 1. The van der Waals surface area contributed by atoms with E-state index in [1.165, 1.54) is 12.1 Å². The summed E-state index contributed by atoms with van der Waals surface area (Å²) in [5, 5.41) is 6.14. The fraction of sp³-hybridized carbons (Fsp3) is 0.194. The first-order valence-electron chi connectivity index (χ1n) is 13.4. The zero-order chi connectivity index (χ0) is 28.9. The number of pyridine rings is 1. The fourth-order valence-electron chi connectivity index (χ4n) is 4.52. The number of benzene rings is 2. The van der Waals surface area contributed by atoms with Crippen LogP contribution in [0.1, 0.15) is 29.4 Å². The highest BCUT2D eigenvalue weighted by Gasteiger charge is 2.35. The van der Waals surface area contributed by atoms with Crippen LogP contribution in [0.25, 0.3) is 22.6 Å². The predicted octanol–water partition coefficient (Wildman–Crippen LogP) is 5.29. The first-order valence-corrected chi connectivity index (χ1v) is 13.4. The third-order valence-corrected chi connectivity index (χ3v) is 6.79. The standard InChI is InChI=1S/C31H28FN7O3/c1-31(17-35-28(40)21-5-3-2-4-6-21)18-41-29(42-19-31)27-38-25(20-7-9-22(32)10-8-20)26(39-27)24-13-16-34-30(37-24)36-23-11-14-33-15-12-23/h2-16,29H,17-19H2,1H3,(H,35,40)(H,38,39)(H,33,34,36,37). The number of carbonyl (C=O) groups is 1. The second kappa shape index (κ2) is 11.9. The molecule has 0 spiro atoms. The quantitative estimate of drug-likeness (QED) is 0.232. The Bertz CT molecular complexity index is 1660. The Labute approximate surface area is 241 Å². The lowest BCUT2D eigenvalue weighted by atomic mass is 9.92. The Morgan fingerprint density at radius 1 is 0.976 bits per heavy atom. The zero-order valence-electron chi connectivity index (χ0n) is 22.8. The average Bonchev–Trinajstić information content (AvgIpc) is 3.47. The number of carbonyl (C=O) groups excluding carboxylic acids is 1. The number of hydrogen-bond donors (Lipinski definition) is 3. The maximum Gasteiger partial charge on any atom is 0.251 e. The lowest BCUT2D eigenvalue weighted by Gasteiger charge is -2.36. The summed E-state index contributed by atoms with van der Waals surface area (Å²) in [4.78, 5) is 33.7. The van der Waals surface area contributed by atoms with Crippen molar-refractivity contribution in [2.24, 2.45) is 5.41 Å². The van der Waals surface area contributed by atoms with Gasteiger partial charge in [-0.25, -0.2) is 19.3 Å². The molecule has 1 aliphatic heterocycles. The van der Waals surface area contributed by atoms with Crippen molar-refractivity contribution in [1.29, 1.82) is 0 Å². The second-order valence-corrected chi connectivity index (χ2v) is 10.3. The van der Waals surface area contributed by atoms with E-state index in [1.807, 2.05) is 37.3 Å². The molecule has 0 bridgehead atoms. The maximum atomic E-state index is 13.7. The van der Waals surface area contributed by atoms with Crippen molar-refractivity contribution in [3.63, 3.8) is 0 Å². The van der Waals surface area contributed by atoms with Gasteiger partial charge in [0.2, 0.25) is 12.2 Å². The van der Waals surface area contributed by atoms with Crippen LogP contribution in [0.4, 0.5) is 16.0 Å². The molecule has 0 atom stereocenters. The molecule has 11 heteroatoms. The number of halogens is 1. The van der Waals surface area contributed by atoms with E-state index in [1.54, 1.807) is 48.9 Å². The van der Waals surface area contributed by atoms with Gasteiger partial charge >= 0.3 is 0 Å². The van der Waals surface area contributed by atoms with Crippen LogP contribution in [-0.4, -0.2) is 50.6 Å². The van der Waals surface area contributed by atoms with Crippen molar-refractivity contribution in [1.82, 2.24) is 30.2 Å². The predicted molar refractivity (Wildman–Crippen MR) is 154 cm³/mol. The number of ether oxygens (including phenoxy) is 2. The lowest BCUT2D eigenvalue weighted by molar-refractivity contribution is -0.231. The van der Waals surface area contributed by atoms with Gasteiger partial charge in [-0.05, 0) is 54.6 Å². The maximum absolute atomic E-state index is 13.7. The minimum Gasteiger partial charge on any atom is -0.351 e. The summed E-state index contributed by atoms with van der Waals surface area (Å²) in [6.45, 7) is 3.04. The van der Waals surface area contributed by atoms with Crippen molar-refractivity contribution >= 4 is 17.5 Å². The summed E-state index contributed by atoms with van der Waals surface area (Å²) in [7, 11) is 0. The molecule has 0 radical (unpaired) electrons. The molecule has 212 valence electrons. The van der Waals surface area contributed by atoms with Crippen LogP contribution in [0, 0.1) is 11.2 Å². The molecule has 0 aliphatic carbocycles. The van der Waals surface area contributed by atoms with E-state index in [9.17, 15) is 9.18 Å². The van der Waals surface area contributed by atoms with Crippen molar-refractivity contribution < 1.29 is 18.7 Å². The van der Waals surface area contributed by atoms with Crippen molar-refractivity contribution in [3.05, 3.63) is 109 Å². The zero-order valence-corrected chi connectivity index (χ0v) is 22.8. The highest BCUT2D eigenvalue weighted by atomic mass is 19.1. The van der Waals surface area contributed by atoms with Crippen LogP contribution in [0.5, 0.6) is 0 Å². The number of aromatic nitrogens is 5. The summed E-state index contributed by atoms with van der Waals surface area (Å²) in [5.41, 5.74) is 3.39. The van der Waals surface area contributed by atoms with E-state index < -0.39 is 11.7 Å². The molecule has 1 saturated heterocycles. The number of nitrogens with zero attached hydrogens (tertiary/aromatic N) is 4. The van der Waals surface area contributed by atoms with Gasteiger partial charge in [0.15, 0.2) is 5.82 Å². The van der Waals surface area contributed by atoms with Crippen LogP contribution >= 0.6 is 0 Å². The van der Waals surface area contributed by atoms with Crippen LogP contribution < -0.4 is 10.6 Å². The molecule has 1 aliphatic rings. The summed E-state index contributed by atoms with van der Waals surface area (Å²) >= 11 is 0. The van der Waals surface area contributed by atoms with E-state index in [0.717, 1.165) is 5.69 Å². The topological polar surface area (TPSA) is 127 Å². The molecule has 3 aromatic heterocycles. The number of anilines is 2. The monoisotopic (exact) mass is 565 g/mol. The molecule has 1 amide bonds. The number of imidazole rings is 1. The lowest BCUT2D eigenvalue weighted by Crippen LogP contribution is -2.45. The van der Waals surface area contributed by atoms with Gasteiger partial charge in [0.05, 0.1) is 30.3 Å². The van der Waals surface area contributed by atoms with Gasteiger partial charge in [0, 0.05) is 47.4 Å².